The lowest BCUT2D eigenvalue weighted by Gasteiger charge is -2.59. The van der Waals surface area contributed by atoms with Crippen LogP contribution in [0.2, 0.25) is 5.02 Å². The molecule has 0 atom stereocenters. The third kappa shape index (κ3) is 4.17. The first kappa shape index (κ1) is 25.0. The van der Waals surface area contributed by atoms with E-state index in [2.05, 4.69) is 4.98 Å². The van der Waals surface area contributed by atoms with Crippen LogP contribution in [0, 0.1) is 22.6 Å². The molecule has 1 spiro atoms. The molecular weight excluding hydrogens is 521 g/mol. The fraction of sp³-hybridized carbons (Fsp3) is 0.333. The van der Waals surface area contributed by atoms with Crippen LogP contribution in [-0.2, 0) is 6.54 Å². The van der Waals surface area contributed by atoms with E-state index in [0.717, 1.165) is 22.8 Å². The first-order valence-corrected chi connectivity index (χ1v) is 11.4. The average molecular weight is 538 g/mol. The smallest absolute Gasteiger partial charge is 0.338 e. The third-order valence-corrected chi connectivity index (χ3v) is 6.84. The van der Waals surface area contributed by atoms with E-state index in [9.17, 15) is 36.8 Å². The average Bonchev–Trinajstić information content (AvgIpc) is 2.78. The van der Waals surface area contributed by atoms with Crippen molar-refractivity contribution in [3.8, 4) is 22.9 Å². The number of hydrogen-bond acceptors (Lipinski definition) is 5. The lowest BCUT2D eigenvalue weighted by atomic mass is 9.61. The Morgan fingerprint density at radius 3 is 2.43 bits per heavy atom. The quantitative estimate of drug-likeness (QED) is 0.446. The molecule has 0 radical (unpaired) electrons. The second kappa shape index (κ2) is 8.69. The molecular formula is C24H17ClF5N5O2. The van der Waals surface area contributed by atoms with E-state index in [1.165, 1.54) is 23.4 Å². The summed E-state index contributed by atoms with van der Waals surface area (Å²) in [6.45, 7) is -0.422. The summed E-state index contributed by atoms with van der Waals surface area (Å²) in [5.74, 6) is -4.09. The predicted molar refractivity (Wildman–Crippen MR) is 124 cm³/mol. The van der Waals surface area contributed by atoms with E-state index in [1.54, 1.807) is 0 Å². The Kier molecular flexibility index (Phi) is 5.86. The predicted octanol–water partition coefficient (Wildman–Crippen LogP) is 4.55. The molecule has 3 heterocycles. The van der Waals surface area contributed by atoms with Gasteiger partial charge in [-0.3, -0.25) is 14.3 Å². The largest absolute Gasteiger partial charge is 0.356 e. The van der Waals surface area contributed by atoms with Crippen molar-refractivity contribution in [2.45, 2.75) is 31.7 Å². The summed E-state index contributed by atoms with van der Waals surface area (Å²) in [6.07, 6.45) is -1.49. The second-order valence-corrected chi connectivity index (χ2v) is 9.77. The van der Waals surface area contributed by atoms with Gasteiger partial charge in [0.15, 0.2) is 0 Å². The van der Waals surface area contributed by atoms with Crippen LogP contribution in [0.4, 0.5) is 27.8 Å². The second-order valence-electron chi connectivity index (χ2n) is 9.33. The molecule has 2 fully saturated rings. The molecule has 2 aliphatic rings. The van der Waals surface area contributed by atoms with E-state index in [1.807, 2.05) is 6.07 Å². The summed E-state index contributed by atoms with van der Waals surface area (Å²) in [5.41, 5.74) is -4.02. The SMILES string of the molecule is N#CCn1c(N2CC3(C2)CC(F)(F)C3)c(-c2ccc(F)c(C(F)F)c2)c(=O)n(-c2cncc(Cl)c2)c1=O. The van der Waals surface area contributed by atoms with Gasteiger partial charge in [0.05, 0.1) is 34.1 Å². The minimum atomic E-state index is -3.20. The zero-order valence-corrected chi connectivity index (χ0v) is 19.7. The molecule has 7 nitrogen and oxygen atoms in total. The summed E-state index contributed by atoms with van der Waals surface area (Å²) < 4.78 is 70.0. The molecule has 0 unspecified atom stereocenters. The monoisotopic (exact) mass is 537 g/mol. The van der Waals surface area contributed by atoms with Gasteiger partial charge in [0.2, 0.25) is 5.92 Å². The molecule has 1 aromatic carbocycles. The van der Waals surface area contributed by atoms with Crippen LogP contribution in [0.3, 0.4) is 0 Å². The molecule has 0 amide bonds. The van der Waals surface area contributed by atoms with E-state index < -0.39 is 46.9 Å². The number of benzene rings is 1. The van der Waals surface area contributed by atoms with Gasteiger partial charge in [0.25, 0.3) is 12.0 Å². The lowest BCUT2D eigenvalue weighted by molar-refractivity contribution is -0.170. The van der Waals surface area contributed by atoms with E-state index in [-0.39, 0.29) is 53.6 Å². The van der Waals surface area contributed by atoms with Crippen molar-refractivity contribution < 1.29 is 22.0 Å². The van der Waals surface area contributed by atoms with Gasteiger partial charge < -0.3 is 4.90 Å². The maximum absolute atomic E-state index is 14.1. The van der Waals surface area contributed by atoms with Crippen molar-refractivity contribution >= 4 is 17.4 Å². The van der Waals surface area contributed by atoms with E-state index >= 15 is 0 Å². The first-order valence-electron chi connectivity index (χ1n) is 11.0. The van der Waals surface area contributed by atoms with E-state index in [4.69, 9.17) is 11.6 Å². The number of anilines is 1. The van der Waals surface area contributed by atoms with Crippen molar-refractivity contribution in [1.82, 2.24) is 14.1 Å². The number of aromatic nitrogens is 3. The molecule has 1 aliphatic carbocycles. The van der Waals surface area contributed by atoms with Gasteiger partial charge in [-0.1, -0.05) is 17.7 Å². The molecule has 13 heteroatoms. The number of nitriles is 1. The highest BCUT2D eigenvalue weighted by molar-refractivity contribution is 6.30. The number of halogens is 6. The van der Waals surface area contributed by atoms with Crippen molar-refractivity contribution in [1.29, 1.82) is 5.26 Å². The molecule has 2 aromatic heterocycles. The molecule has 1 saturated carbocycles. The van der Waals surface area contributed by atoms with E-state index in [0.29, 0.717) is 4.57 Å². The summed E-state index contributed by atoms with van der Waals surface area (Å²) in [4.78, 5) is 32.7. The van der Waals surface area contributed by atoms with Crippen LogP contribution in [-0.4, -0.2) is 33.1 Å². The molecule has 192 valence electrons. The van der Waals surface area contributed by atoms with Gasteiger partial charge in [-0.15, -0.1) is 0 Å². The summed E-state index contributed by atoms with van der Waals surface area (Å²) >= 11 is 5.99. The fourth-order valence-electron chi connectivity index (χ4n) is 5.23. The Morgan fingerprint density at radius 2 is 1.84 bits per heavy atom. The minimum absolute atomic E-state index is 0.0445. The van der Waals surface area contributed by atoms with Crippen molar-refractivity contribution in [2.75, 3.05) is 18.0 Å². The Balaban J connectivity index is 1.78. The Hall–Kier alpha value is -3.72. The number of pyridine rings is 1. The van der Waals surface area contributed by atoms with Gasteiger partial charge in [-0.05, 0) is 23.8 Å². The summed E-state index contributed by atoms with van der Waals surface area (Å²) in [6, 6.07) is 5.80. The van der Waals surface area contributed by atoms with Gasteiger partial charge in [0.1, 0.15) is 18.2 Å². The van der Waals surface area contributed by atoms with Gasteiger partial charge in [0, 0.05) is 37.5 Å². The van der Waals surface area contributed by atoms with Crippen LogP contribution in [0.15, 0.2) is 46.2 Å². The third-order valence-electron chi connectivity index (χ3n) is 6.63. The maximum Gasteiger partial charge on any atom is 0.338 e. The molecule has 37 heavy (non-hydrogen) atoms. The van der Waals surface area contributed by atoms with Crippen LogP contribution in [0.5, 0.6) is 0 Å². The standard InChI is InChI=1S/C24H17ClF5N5O2/c25-14-6-15(8-32-7-14)35-21(36)18(13-1-2-17(26)16(5-13)19(27)28)20(34(4-3-31)22(35)37)33-11-23(12-33)9-24(29,30)10-23/h1-2,5-8,19H,4,9-12H2. The lowest BCUT2D eigenvalue weighted by Crippen LogP contribution is -2.67. The van der Waals surface area contributed by atoms with Crippen molar-refractivity contribution in [2.24, 2.45) is 5.41 Å². The number of alkyl halides is 4. The Morgan fingerprint density at radius 1 is 1.14 bits per heavy atom. The minimum Gasteiger partial charge on any atom is -0.356 e. The van der Waals surface area contributed by atoms with Crippen LogP contribution in [0.1, 0.15) is 24.8 Å². The Labute approximate surface area is 211 Å². The maximum atomic E-state index is 14.1. The molecule has 1 saturated heterocycles. The number of nitrogens with zero attached hydrogens (tertiary/aromatic N) is 5. The van der Waals surface area contributed by atoms with Gasteiger partial charge in [-0.2, -0.15) is 5.26 Å². The molecule has 0 N–H and O–H groups in total. The fourth-order valence-corrected chi connectivity index (χ4v) is 5.40. The van der Waals surface area contributed by atoms with Gasteiger partial charge in [-0.25, -0.2) is 31.3 Å². The van der Waals surface area contributed by atoms with Crippen molar-refractivity contribution in [3.63, 3.8) is 0 Å². The normalized spacial score (nSPS) is 17.4. The highest BCUT2D eigenvalue weighted by atomic mass is 35.5. The number of hydrogen-bond donors (Lipinski definition) is 0. The van der Waals surface area contributed by atoms with Gasteiger partial charge >= 0.3 is 5.69 Å². The molecule has 5 rings (SSSR count). The topological polar surface area (TPSA) is 83.9 Å². The van der Waals surface area contributed by atoms with Crippen LogP contribution >= 0.6 is 11.6 Å². The number of rotatable bonds is 5. The zero-order chi connectivity index (χ0) is 26.7. The molecule has 1 aliphatic heterocycles. The van der Waals surface area contributed by atoms with Crippen LogP contribution in [0.25, 0.3) is 16.8 Å². The molecule has 3 aromatic rings. The highest BCUT2D eigenvalue weighted by Crippen LogP contribution is 2.57. The molecule has 0 bridgehead atoms. The summed E-state index contributed by atoms with van der Waals surface area (Å²) in [5, 5.41) is 9.56. The zero-order valence-electron chi connectivity index (χ0n) is 18.9. The Bertz CT molecular complexity index is 1560. The van der Waals surface area contributed by atoms with Crippen molar-refractivity contribution in [3.05, 3.63) is 73.9 Å². The highest BCUT2D eigenvalue weighted by Gasteiger charge is 2.62. The van der Waals surface area contributed by atoms with Crippen LogP contribution < -0.4 is 16.1 Å². The summed E-state index contributed by atoms with van der Waals surface area (Å²) in [7, 11) is 0. The first-order chi connectivity index (χ1) is 17.4.